The van der Waals surface area contributed by atoms with Gasteiger partial charge in [0.1, 0.15) is 0 Å². The summed E-state index contributed by atoms with van der Waals surface area (Å²) in [6.07, 6.45) is 8.63. The highest BCUT2D eigenvalue weighted by Crippen LogP contribution is 2.58. The molecule has 0 aromatic carbocycles. The summed E-state index contributed by atoms with van der Waals surface area (Å²) < 4.78 is 0. The van der Waals surface area contributed by atoms with Gasteiger partial charge < -0.3 is 0 Å². The van der Waals surface area contributed by atoms with E-state index in [0.29, 0.717) is 0 Å². The predicted molar refractivity (Wildman–Crippen MR) is 55.3 cm³/mol. The number of allylic oxidation sites excluding steroid dienone is 2. The Morgan fingerprint density at radius 2 is 2.00 bits per heavy atom. The van der Waals surface area contributed by atoms with Crippen LogP contribution < -0.4 is 0 Å². The minimum Gasteiger partial charge on any atom is -0.0825 e. The van der Waals surface area contributed by atoms with Gasteiger partial charge in [0, 0.05) is 0 Å². The van der Waals surface area contributed by atoms with E-state index in [1.165, 1.54) is 6.42 Å². The van der Waals surface area contributed by atoms with Gasteiger partial charge in [-0.05, 0) is 62.2 Å². The molecule has 0 spiro atoms. The largest absolute Gasteiger partial charge is 0.0825 e. The Morgan fingerprint density at radius 3 is 2.85 bits per heavy atom. The molecule has 0 nitrogen and oxygen atoms in total. The topological polar surface area (TPSA) is 0 Å². The van der Waals surface area contributed by atoms with Crippen LogP contribution in [0.25, 0.3) is 0 Å². The summed E-state index contributed by atoms with van der Waals surface area (Å²) >= 11 is 0. The van der Waals surface area contributed by atoms with Gasteiger partial charge in [-0.15, -0.1) is 0 Å². The quantitative estimate of drug-likeness (QED) is 0.494. The fourth-order valence-electron chi connectivity index (χ4n) is 4.58. The number of hydrogen-bond acceptors (Lipinski definition) is 0. The van der Waals surface area contributed by atoms with Crippen molar-refractivity contribution in [2.24, 2.45) is 29.6 Å². The summed E-state index contributed by atoms with van der Waals surface area (Å²) in [6.45, 7) is 4.78. The number of hydrogen-bond donors (Lipinski definition) is 0. The smallest absolute Gasteiger partial charge is 0.0225 e. The van der Waals surface area contributed by atoms with Crippen LogP contribution in [-0.2, 0) is 0 Å². The molecule has 0 heteroatoms. The average Bonchev–Trinajstić information content (AvgIpc) is 2.62. The standard InChI is InChI=1S/C13H20/c1-8-5-9(2)13-11-4-3-10(7-11)12(13)6-8/h5,9-13H,3-4,6-7H2,1-2H3. The van der Waals surface area contributed by atoms with Gasteiger partial charge in [-0.3, -0.25) is 0 Å². The molecule has 2 saturated carbocycles. The maximum Gasteiger partial charge on any atom is -0.0225 e. The molecule has 0 aromatic rings. The minimum atomic E-state index is 0.883. The van der Waals surface area contributed by atoms with Gasteiger partial charge in [-0.25, -0.2) is 0 Å². The number of rotatable bonds is 0. The van der Waals surface area contributed by atoms with E-state index < -0.39 is 0 Å². The van der Waals surface area contributed by atoms with Gasteiger partial charge >= 0.3 is 0 Å². The predicted octanol–water partition coefficient (Wildman–Crippen LogP) is 3.63. The number of fused-ring (bicyclic) bond motifs is 5. The van der Waals surface area contributed by atoms with E-state index in [1.807, 2.05) is 0 Å². The molecule has 13 heavy (non-hydrogen) atoms. The van der Waals surface area contributed by atoms with Crippen LogP contribution in [0, 0.1) is 29.6 Å². The molecule has 0 aliphatic heterocycles. The van der Waals surface area contributed by atoms with Crippen molar-refractivity contribution in [3.05, 3.63) is 11.6 Å². The second-order valence-electron chi connectivity index (χ2n) is 5.65. The Bertz CT molecular complexity index is 251. The van der Waals surface area contributed by atoms with Crippen LogP contribution >= 0.6 is 0 Å². The molecule has 5 unspecified atom stereocenters. The normalized spacial score (nSPS) is 53.4. The Hall–Kier alpha value is -0.260. The molecule has 0 amide bonds. The lowest BCUT2D eigenvalue weighted by Gasteiger charge is -2.38. The van der Waals surface area contributed by atoms with E-state index in [0.717, 1.165) is 29.6 Å². The maximum atomic E-state index is 2.54. The van der Waals surface area contributed by atoms with Crippen molar-refractivity contribution in [2.75, 3.05) is 0 Å². The van der Waals surface area contributed by atoms with Crippen LogP contribution in [0.1, 0.15) is 39.5 Å². The molecule has 0 radical (unpaired) electrons. The van der Waals surface area contributed by atoms with Crippen molar-refractivity contribution in [1.82, 2.24) is 0 Å². The molecular weight excluding hydrogens is 156 g/mol. The SMILES string of the molecule is CC1=CC(C)C2C3CCC(C3)C2C1. The van der Waals surface area contributed by atoms with E-state index in [4.69, 9.17) is 0 Å². The van der Waals surface area contributed by atoms with Crippen LogP contribution in [0.2, 0.25) is 0 Å². The van der Waals surface area contributed by atoms with Gasteiger partial charge in [0.2, 0.25) is 0 Å². The van der Waals surface area contributed by atoms with Crippen molar-refractivity contribution >= 4 is 0 Å². The van der Waals surface area contributed by atoms with Crippen LogP contribution in [0.4, 0.5) is 0 Å². The molecular formula is C13H20. The van der Waals surface area contributed by atoms with Crippen LogP contribution in [0.5, 0.6) is 0 Å². The molecule has 72 valence electrons. The lowest BCUT2D eigenvalue weighted by atomic mass is 9.67. The monoisotopic (exact) mass is 176 g/mol. The van der Waals surface area contributed by atoms with Gasteiger partial charge in [-0.1, -0.05) is 18.6 Å². The lowest BCUT2D eigenvalue weighted by Crippen LogP contribution is -2.30. The molecule has 2 bridgehead atoms. The minimum absolute atomic E-state index is 0.883. The van der Waals surface area contributed by atoms with Gasteiger partial charge in [-0.2, -0.15) is 0 Å². The van der Waals surface area contributed by atoms with Crippen molar-refractivity contribution in [1.29, 1.82) is 0 Å². The van der Waals surface area contributed by atoms with E-state index in [1.54, 1.807) is 24.8 Å². The summed E-state index contributed by atoms with van der Waals surface area (Å²) in [5.41, 5.74) is 1.67. The molecule has 0 N–H and O–H groups in total. The highest BCUT2D eigenvalue weighted by atomic mass is 14.5. The van der Waals surface area contributed by atoms with E-state index in [2.05, 4.69) is 19.9 Å². The molecule has 3 aliphatic rings. The summed E-state index contributed by atoms with van der Waals surface area (Å²) in [5, 5.41) is 0. The molecule has 5 atom stereocenters. The van der Waals surface area contributed by atoms with Crippen molar-refractivity contribution < 1.29 is 0 Å². The summed E-state index contributed by atoms with van der Waals surface area (Å²) in [6, 6.07) is 0. The fourth-order valence-corrected chi connectivity index (χ4v) is 4.58. The zero-order valence-corrected chi connectivity index (χ0v) is 8.79. The first kappa shape index (κ1) is 8.08. The molecule has 0 aromatic heterocycles. The highest BCUT2D eigenvalue weighted by molar-refractivity contribution is 5.14. The Labute approximate surface area is 81.4 Å². The summed E-state index contributed by atoms with van der Waals surface area (Å²) in [4.78, 5) is 0. The molecule has 3 aliphatic carbocycles. The van der Waals surface area contributed by atoms with Crippen LogP contribution in [0.15, 0.2) is 11.6 Å². The first-order valence-electron chi connectivity index (χ1n) is 5.93. The molecule has 3 rings (SSSR count). The molecule has 0 heterocycles. The van der Waals surface area contributed by atoms with Crippen molar-refractivity contribution in [3.63, 3.8) is 0 Å². The third-order valence-electron chi connectivity index (χ3n) is 4.87. The Balaban J connectivity index is 1.93. The lowest BCUT2D eigenvalue weighted by molar-refractivity contribution is 0.166. The first-order chi connectivity index (χ1) is 6.25. The maximum absolute atomic E-state index is 2.54. The second kappa shape index (κ2) is 2.62. The zero-order valence-electron chi connectivity index (χ0n) is 8.79. The van der Waals surface area contributed by atoms with E-state index in [-0.39, 0.29) is 0 Å². The summed E-state index contributed by atoms with van der Waals surface area (Å²) in [7, 11) is 0. The average molecular weight is 176 g/mol. The first-order valence-corrected chi connectivity index (χ1v) is 5.93. The van der Waals surface area contributed by atoms with Crippen LogP contribution in [-0.4, -0.2) is 0 Å². The zero-order chi connectivity index (χ0) is 9.00. The van der Waals surface area contributed by atoms with Gasteiger partial charge in [0.15, 0.2) is 0 Å². The van der Waals surface area contributed by atoms with Gasteiger partial charge in [0.05, 0.1) is 0 Å². The van der Waals surface area contributed by atoms with Crippen molar-refractivity contribution in [3.8, 4) is 0 Å². The Kier molecular flexibility index (Phi) is 1.63. The van der Waals surface area contributed by atoms with Crippen molar-refractivity contribution in [2.45, 2.75) is 39.5 Å². The second-order valence-corrected chi connectivity index (χ2v) is 5.65. The van der Waals surface area contributed by atoms with E-state index >= 15 is 0 Å². The highest BCUT2D eigenvalue weighted by Gasteiger charge is 2.49. The van der Waals surface area contributed by atoms with E-state index in [9.17, 15) is 0 Å². The molecule has 2 fully saturated rings. The third-order valence-corrected chi connectivity index (χ3v) is 4.87. The van der Waals surface area contributed by atoms with Crippen LogP contribution in [0.3, 0.4) is 0 Å². The third kappa shape index (κ3) is 1.04. The summed E-state index contributed by atoms with van der Waals surface area (Å²) in [5.74, 6) is 5.26. The van der Waals surface area contributed by atoms with Gasteiger partial charge in [0.25, 0.3) is 0 Å². The molecule has 0 saturated heterocycles. The Morgan fingerprint density at radius 1 is 1.23 bits per heavy atom. The fraction of sp³-hybridized carbons (Fsp3) is 0.846.